The maximum Gasteiger partial charge on any atom is 0.0931 e. The number of nitrogens with one attached hydrogen (secondary N) is 1. The SMILES string of the molecule is CNCCCCCCN(C)Cc1ccc(Cl)s1. The van der Waals surface area contributed by atoms with Crippen LogP contribution in [-0.4, -0.2) is 32.1 Å². The summed E-state index contributed by atoms with van der Waals surface area (Å²) in [6, 6.07) is 4.10. The topological polar surface area (TPSA) is 15.3 Å². The van der Waals surface area contributed by atoms with Crippen LogP contribution in [0.4, 0.5) is 0 Å². The van der Waals surface area contributed by atoms with E-state index in [0.717, 1.165) is 17.4 Å². The van der Waals surface area contributed by atoms with Crippen LogP contribution in [0, 0.1) is 0 Å². The largest absolute Gasteiger partial charge is 0.320 e. The molecule has 0 aliphatic rings. The normalized spacial score (nSPS) is 11.3. The van der Waals surface area contributed by atoms with Gasteiger partial charge in [-0.25, -0.2) is 0 Å². The van der Waals surface area contributed by atoms with Crippen molar-refractivity contribution in [1.29, 1.82) is 0 Å². The van der Waals surface area contributed by atoms with Gasteiger partial charge >= 0.3 is 0 Å². The van der Waals surface area contributed by atoms with Crippen molar-refractivity contribution in [3.8, 4) is 0 Å². The highest BCUT2D eigenvalue weighted by Gasteiger charge is 2.02. The fourth-order valence-corrected chi connectivity index (χ4v) is 2.99. The molecule has 0 aliphatic carbocycles. The van der Waals surface area contributed by atoms with Gasteiger partial charge in [-0.2, -0.15) is 0 Å². The standard InChI is InChI=1S/C13H23ClN2S/c1-15-9-5-3-4-6-10-16(2)11-12-7-8-13(14)17-12/h7-8,15H,3-6,9-11H2,1-2H3. The molecule has 0 bridgehead atoms. The van der Waals surface area contributed by atoms with Gasteiger partial charge in [0.05, 0.1) is 4.34 Å². The molecule has 0 spiro atoms. The fraction of sp³-hybridized carbons (Fsp3) is 0.692. The Kier molecular flexibility index (Phi) is 7.86. The molecular formula is C13H23ClN2S. The van der Waals surface area contributed by atoms with Crippen molar-refractivity contribution in [3.05, 3.63) is 21.3 Å². The van der Waals surface area contributed by atoms with Crippen molar-refractivity contribution in [2.75, 3.05) is 27.2 Å². The van der Waals surface area contributed by atoms with Crippen LogP contribution in [0.25, 0.3) is 0 Å². The Bertz CT molecular complexity index is 301. The predicted molar refractivity (Wildman–Crippen MR) is 78.1 cm³/mol. The fourth-order valence-electron chi connectivity index (χ4n) is 1.82. The molecule has 0 amide bonds. The minimum atomic E-state index is 0.889. The van der Waals surface area contributed by atoms with E-state index >= 15 is 0 Å². The third kappa shape index (κ3) is 7.04. The molecule has 4 heteroatoms. The van der Waals surface area contributed by atoms with Crippen molar-refractivity contribution in [1.82, 2.24) is 10.2 Å². The molecule has 0 saturated carbocycles. The lowest BCUT2D eigenvalue weighted by molar-refractivity contribution is 0.319. The first-order valence-electron chi connectivity index (χ1n) is 6.29. The molecule has 0 radical (unpaired) electrons. The maximum atomic E-state index is 5.91. The molecule has 0 unspecified atom stereocenters. The van der Waals surface area contributed by atoms with Crippen molar-refractivity contribution in [2.45, 2.75) is 32.2 Å². The van der Waals surface area contributed by atoms with Crippen molar-refractivity contribution in [3.63, 3.8) is 0 Å². The summed E-state index contributed by atoms with van der Waals surface area (Å²) in [6.45, 7) is 3.34. The molecule has 1 aromatic heterocycles. The van der Waals surface area contributed by atoms with E-state index in [4.69, 9.17) is 11.6 Å². The number of rotatable bonds is 9. The average Bonchev–Trinajstić information content (AvgIpc) is 2.69. The van der Waals surface area contributed by atoms with E-state index in [2.05, 4.69) is 23.3 Å². The maximum absolute atomic E-state index is 5.91. The van der Waals surface area contributed by atoms with Gasteiger partial charge < -0.3 is 10.2 Å². The van der Waals surface area contributed by atoms with Crippen LogP contribution < -0.4 is 5.32 Å². The second-order valence-corrected chi connectivity index (χ2v) is 6.26. The molecule has 1 aromatic rings. The first-order valence-corrected chi connectivity index (χ1v) is 7.49. The van der Waals surface area contributed by atoms with E-state index < -0.39 is 0 Å². The van der Waals surface area contributed by atoms with Gasteiger partial charge in [0, 0.05) is 11.4 Å². The number of hydrogen-bond acceptors (Lipinski definition) is 3. The quantitative estimate of drug-likeness (QED) is 0.692. The molecular weight excluding hydrogens is 252 g/mol. The summed E-state index contributed by atoms with van der Waals surface area (Å²) in [7, 11) is 4.20. The molecule has 17 heavy (non-hydrogen) atoms. The van der Waals surface area contributed by atoms with Crippen LogP contribution in [-0.2, 0) is 6.54 Å². The summed E-state index contributed by atoms with van der Waals surface area (Å²) in [5.41, 5.74) is 0. The van der Waals surface area contributed by atoms with E-state index in [9.17, 15) is 0 Å². The van der Waals surface area contributed by atoms with Crippen LogP contribution in [0.5, 0.6) is 0 Å². The van der Waals surface area contributed by atoms with Crippen LogP contribution in [0.2, 0.25) is 4.34 Å². The average molecular weight is 275 g/mol. The highest BCUT2D eigenvalue weighted by molar-refractivity contribution is 7.16. The number of unbranched alkanes of at least 4 members (excludes halogenated alkanes) is 3. The number of halogens is 1. The van der Waals surface area contributed by atoms with Crippen molar-refractivity contribution >= 4 is 22.9 Å². The summed E-state index contributed by atoms with van der Waals surface area (Å²) in [5.74, 6) is 0. The first-order chi connectivity index (χ1) is 8.22. The van der Waals surface area contributed by atoms with E-state index in [1.807, 2.05) is 13.1 Å². The zero-order valence-electron chi connectivity index (χ0n) is 10.8. The minimum absolute atomic E-state index is 0.889. The summed E-state index contributed by atoms with van der Waals surface area (Å²) in [5, 5.41) is 3.18. The van der Waals surface area contributed by atoms with Gasteiger partial charge in [0.15, 0.2) is 0 Å². The Labute approximate surface area is 114 Å². The van der Waals surface area contributed by atoms with Crippen LogP contribution in [0.15, 0.2) is 12.1 Å². The van der Waals surface area contributed by atoms with Crippen molar-refractivity contribution < 1.29 is 0 Å². The second-order valence-electron chi connectivity index (χ2n) is 4.46. The zero-order valence-corrected chi connectivity index (χ0v) is 12.4. The molecule has 98 valence electrons. The third-order valence-electron chi connectivity index (χ3n) is 2.77. The minimum Gasteiger partial charge on any atom is -0.320 e. The Morgan fingerprint density at radius 1 is 1.24 bits per heavy atom. The van der Waals surface area contributed by atoms with Crippen molar-refractivity contribution in [2.24, 2.45) is 0 Å². The summed E-state index contributed by atoms with van der Waals surface area (Å²) < 4.78 is 0.889. The number of nitrogens with zero attached hydrogens (tertiary/aromatic N) is 1. The monoisotopic (exact) mass is 274 g/mol. The first kappa shape index (κ1) is 15.0. The van der Waals surface area contributed by atoms with Crippen LogP contribution in [0.1, 0.15) is 30.6 Å². The van der Waals surface area contributed by atoms with E-state index in [1.54, 1.807) is 11.3 Å². The van der Waals surface area contributed by atoms with Gasteiger partial charge in [-0.1, -0.05) is 24.4 Å². The molecule has 1 rings (SSSR count). The zero-order chi connectivity index (χ0) is 12.5. The number of thiophene rings is 1. The van der Waals surface area contributed by atoms with Gasteiger partial charge in [0.1, 0.15) is 0 Å². The lowest BCUT2D eigenvalue weighted by atomic mass is 10.2. The van der Waals surface area contributed by atoms with Gasteiger partial charge in [-0.3, -0.25) is 0 Å². The molecule has 1 heterocycles. The Morgan fingerprint density at radius 2 is 2.00 bits per heavy atom. The molecule has 0 aliphatic heterocycles. The summed E-state index contributed by atoms with van der Waals surface area (Å²) in [4.78, 5) is 3.73. The predicted octanol–water partition coefficient (Wildman–Crippen LogP) is 3.61. The van der Waals surface area contributed by atoms with Crippen LogP contribution in [0.3, 0.4) is 0 Å². The second kappa shape index (κ2) is 8.92. The molecule has 0 saturated heterocycles. The molecule has 0 fully saturated rings. The Balaban J connectivity index is 2.03. The highest BCUT2D eigenvalue weighted by Crippen LogP contribution is 2.22. The Morgan fingerprint density at radius 3 is 2.65 bits per heavy atom. The van der Waals surface area contributed by atoms with Gasteiger partial charge in [0.2, 0.25) is 0 Å². The lowest BCUT2D eigenvalue weighted by Crippen LogP contribution is -2.18. The van der Waals surface area contributed by atoms with E-state index in [-0.39, 0.29) is 0 Å². The Hall–Kier alpha value is -0.0900. The third-order valence-corrected chi connectivity index (χ3v) is 3.99. The van der Waals surface area contributed by atoms with Gasteiger partial charge in [-0.15, -0.1) is 11.3 Å². The van der Waals surface area contributed by atoms with E-state index in [1.165, 1.54) is 37.1 Å². The molecule has 0 atom stereocenters. The van der Waals surface area contributed by atoms with Crippen LogP contribution >= 0.6 is 22.9 Å². The smallest absolute Gasteiger partial charge is 0.0931 e. The van der Waals surface area contributed by atoms with Gasteiger partial charge in [0.25, 0.3) is 0 Å². The molecule has 0 aromatic carbocycles. The molecule has 1 N–H and O–H groups in total. The van der Waals surface area contributed by atoms with Gasteiger partial charge in [-0.05, 0) is 52.2 Å². The lowest BCUT2D eigenvalue weighted by Gasteiger charge is -2.15. The number of hydrogen-bond donors (Lipinski definition) is 1. The highest BCUT2D eigenvalue weighted by atomic mass is 35.5. The van der Waals surface area contributed by atoms with E-state index in [0.29, 0.717) is 0 Å². The summed E-state index contributed by atoms with van der Waals surface area (Å²) in [6.07, 6.45) is 5.25. The molecule has 2 nitrogen and oxygen atoms in total. The summed E-state index contributed by atoms with van der Waals surface area (Å²) >= 11 is 7.60.